The van der Waals surface area contributed by atoms with Gasteiger partial charge in [0.1, 0.15) is 0 Å². The number of rotatable bonds is 9. The number of carbonyl (C=O) groups is 1. The molecule has 5 nitrogen and oxygen atoms in total. The molecule has 0 bridgehead atoms. The van der Waals surface area contributed by atoms with Crippen LogP contribution in [0.2, 0.25) is 0 Å². The van der Waals surface area contributed by atoms with E-state index in [4.69, 9.17) is 5.21 Å². The van der Waals surface area contributed by atoms with Crippen LogP contribution in [0.1, 0.15) is 41.1 Å². The van der Waals surface area contributed by atoms with Gasteiger partial charge in [-0.05, 0) is 60.6 Å². The Balaban J connectivity index is 1.65. The van der Waals surface area contributed by atoms with Gasteiger partial charge in [-0.3, -0.25) is 14.9 Å². The first-order valence-electron chi connectivity index (χ1n) is 9.85. The summed E-state index contributed by atoms with van der Waals surface area (Å²) in [5.74, 6) is -0.536. The molecule has 0 heterocycles. The lowest BCUT2D eigenvalue weighted by atomic mass is 10.0. The fourth-order valence-corrected chi connectivity index (χ4v) is 3.99. The third kappa shape index (κ3) is 5.29. The molecule has 3 rings (SSSR count). The van der Waals surface area contributed by atoms with Crippen molar-refractivity contribution in [3.05, 3.63) is 76.9 Å². The zero-order valence-corrected chi connectivity index (χ0v) is 16.1. The van der Waals surface area contributed by atoms with Gasteiger partial charge in [0.05, 0.1) is 6.61 Å². The van der Waals surface area contributed by atoms with Crippen molar-refractivity contribution in [2.24, 2.45) is 0 Å². The number of aliphatic hydroxyl groups excluding tert-OH is 1. The fourth-order valence-electron chi connectivity index (χ4n) is 3.99. The summed E-state index contributed by atoms with van der Waals surface area (Å²) < 4.78 is 0. The molecule has 0 spiro atoms. The van der Waals surface area contributed by atoms with Gasteiger partial charge in [0.25, 0.3) is 5.91 Å². The molecule has 0 aliphatic heterocycles. The minimum Gasteiger partial charge on any atom is -0.395 e. The van der Waals surface area contributed by atoms with Gasteiger partial charge >= 0.3 is 0 Å². The third-order valence-electron chi connectivity index (χ3n) is 5.33. The van der Waals surface area contributed by atoms with Gasteiger partial charge in [-0.2, -0.15) is 0 Å². The third-order valence-corrected chi connectivity index (χ3v) is 5.33. The molecule has 5 heteroatoms. The first kappa shape index (κ1) is 20.3. The lowest BCUT2D eigenvalue weighted by Crippen LogP contribution is -2.31. The summed E-state index contributed by atoms with van der Waals surface area (Å²) in [6.07, 6.45) is 7.16. The quantitative estimate of drug-likeness (QED) is 0.355. The van der Waals surface area contributed by atoms with Crippen molar-refractivity contribution in [2.75, 3.05) is 19.7 Å². The summed E-state index contributed by atoms with van der Waals surface area (Å²) in [5.41, 5.74) is 6.50. The van der Waals surface area contributed by atoms with Crippen LogP contribution in [0, 0.1) is 0 Å². The van der Waals surface area contributed by atoms with E-state index in [1.54, 1.807) is 11.6 Å². The van der Waals surface area contributed by atoms with Crippen molar-refractivity contribution in [1.82, 2.24) is 10.4 Å². The van der Waals surface area contributed by atoms with Crippen LogP contribution in [0.5, 0.6) is 0 Å². The van der Waals surface area contributed by atoms with E-state index in [2.05, 4.69) is 41.3 Å². The predicted molar refractivity (Wildman–Crippen MR) is 110 cm³/mol. The molecule has 3 N–H and O–H groups in total. The second-order valence-corrected chi connectivity index (χ2v) is 7.17. The molecule has 2 aromatic carbocycles. The molecule has 0 fully saturated rings. The van der Waals surface area contributed by atoms with E-state index >= 15 is 0 Å². The van der Waals surface area contributed by atoms with Crippen molar-refractivity contribution in [2.45, 2.75) is 31.7 Å². The summed E-state index contributed by atoms with van der Waals surface area (Å²) in [7, 11) is 0. The number of carbonyl (C=O) groups excluding carboxylic acids is 1. The van der Waals surface area contributed by atoms with Crippen LogP contribution < -0.4 is 5.48 Å². The van der Waals surface area contributed by atoms with Gasteiger partial charge < -0.3 is 5.11 Å². The van der Waals surface area contributed by atoms with Crippen molar-refractivity contribution in [3.63, 3.8) is 0 Å². The molecule has 1 aliphatic rings. The van der Waals surface area contributed by atoms with E-state index in [0.29, 0.717) is 12.6 Å². The number of amides is 1. The molecule has 148 valence electrons. The Bertz CT molecular complexity index is 805. The number of benzene rings is 2. The summed E-state index contributed by atoms with van der Waals surface area (Å²) in [6.45, 7) is 1.80. The molecule has 28 heavy (non-hydrogen) atoms. The molecule has 1 atom stereocenters. The maximum absolute atomic E-state index is 11.2. The van der Waals surface area contributed by atoms with Crippen molar-refractivity contribution in [3.8, 4) is 0 Å². The summed E-state index contributed by atoms with van der Waals surface area (Å²) >= 11 is 0. The smallest absolute Gasteiger partial charge is 0.267 e. The predicted octanol–water partition coefficient (Wildman–Crippen LogP) is 3.12. The van der Waals surface area contributed by atoms with Gasteiger partial charge in [-0.1, -0.05) is 48.5 Å². The molecule has 0 radical (unpaired) electrons. The first-order valence-corrected chi connectivity index (χ1v) is 9.85. The van der Waals surface area contributed by atoms with Crippen LogP contribution in [0.25, 0.3) is 6.08 Å². The van der Waals surface area contributed by atoms with E-state index in [9.17, 15) is 9.90 Å². The van der Waals surface area contributed by atoms with Crippen LogP contribution in [0.4, 0.5) is 0 Å². The van der Waals surface area contributed by atoms with E-state index < -0.39 is 5.91 Å². The number of fused-ring (bicyclic) bond motifs is 1. The highest BCUT2D eigenvalue weighted by molar-refractivity contribution is 5.90. The minimum absolute atomic E-state index is 0.161. The van der Waals surface area contributed by atoms with Gasteiger partial charge in [0.15, 0.2) is 0 Å². The van der Waals surface area contributed by atoms with Crippen LogP contribution >= 0.6 is 0 Å². The zero-order chi connectivity index (χ0) is 19.8. The molecule has 1 aliphatic carbocycles. The highest BCUT2D eigenvalue weighted by Gasteiger charge is 2.27. The van der Waals surface area contributed by atoms with Gasteiger partial charge in [0, 0.05) is 18.7 Å². The molecule has 1 amide bonds. The average Bonchev–Trinajstić information content (AvgIpc) is 3.15. The first-order chi connectivity index (χ1) is 13.7. The van der Waals surface area contributed by atoms with E-state index in [1.165, 1.54) is 22.8 Å². The van der Waals surface area contributed by atoms with E-state index in [-0.39, 0.29) is 6.61 Å². The van der Waals surface area contributed by atoms with Crippen LogP contribution in [0.15, 0.2) is 54.6 Å². The number of hydroxylamine groups is 1. The van der Waals surface area contributed by atoms with Gasteiger partial charge in [0.2, 0.25) is 0 Å². The van der Waals surface area contributed by atoms with Crippen LogP contribution in [-0.2, 0) is 17.6 Å². The Morgan fingerprint density at radius 2 is 2.00 bits per heavy atom. The number of nitrogens with zero attached hydrogens (tertiary/aromatic N) is 1. The number of aryl methyl sites for hydroxylation is 2. The number of aliphatic hydroxyl groups is 1. The lowest BCUT2D eigenvalue weighted by Gasteiger charge is -2.29. The molecule has 1 unspecified atom stereocenters. The Morgan fingerprint density at radius 1 is 1.18 bits per heavy atom. The van der Waals surface area contributed by atoms with Crippen molar-refractivity contribution >= 4 is 12.0 Å². The van der Waals surface area contributed by atoms with Gasteiger partial charge in [-0.25, -0.2) is 5.48 Å². The Kier molecular flexibility index (Phi) is 7.37. The number of nitrogens with one attached hydrogen (secondary N) is 1. The topological polar surface area (TPSA) is 72.8 Å². The molecule has 2 aromatic rings. The number of hydrogen-bond donors (Lipinski definition) is 3. The molecule has 0 saturated heterocycles. The maximum Gasteiger partial charge on any atom is 0.267 e. The zero-order valence-electron chi connectivity index (χ0n) is 16.1. The number of hydrogen-bond acceptors (Lipinski definition) is 4. The molecular weight excluding hydrogens is 352 g/mol. The normalized spacial score (nSPS) is 15.9. The Labute approximate surface area is 166 Å². The van der Waals surface area contributed by atoms with E-state index in [0.717, 1.165) is 37.8 Å². The van der Waals surface area contributed by atoms with E-state index in [1.807, 2.05) is 12.1 Å². The summed E-state index contributed by atoms with van der Waals surface area (Å²) in [5, 5.41) is 18.1. The Morgan fingerprint density at radius 3 is 2.75 bits per heavy atom. The molecular formula is C23H28N2O3. The maximum atomic E-state index is 11.2. The van der Waals surface area contributed by atoms with Crippen molar-refractivity contribution < 1.29 is 15.1 Å². The highest BCUT2D eigenvalue weighted by atomic mass is 16.5. The fraction of sp³-hybridized carbons (Fsp3) is 0.348. The average molecular weight is 380 g/mol. The monoisotopic (exact) mass is 380 g/mol. The Hall–Kier alpha value is -2.47. The van der Waals surface area contributed by atoms with Crippen LogP contribution in [0.3, 0.4) is 0 Å². The highest BCUT2D eigenvalue weighted by Crippen LogP contribution is 2.36. The second kappa shape index (κ2) is 10.2. The second-order valence-electron chi connectivity index (χ2n) is 7.17. The lowest BCUT2D eigenvalue weighted by molar-refractivity contribution is -0.124. The molecule has 0 aromatic heterocycles. The largest absolute Gasteiger partial charge is 0.395 e. The standard InChI is InChI=1S/C23H28N2O3/c26-16-15-25(14-4-7-18-5-2-1-3-6-18)22-12-10-20-17-19(8-11-21(20)22)9-13-23(27)24-28/h1-3,5-6,8-9,11,13,17,22,26,28H,4,7,10,12,14-16H2,(H,24,27). The van der Waals surface area contributed by atoms with Crippen LogP contribution in [-0.4, -0.2) is 40.8 Å². The summed E-state index contributed by atoms with van der Waals surface area (Å²) in [6, 6.07) is 17.1. The minimum atomic E-state index is -0.536. The summed E-state index contributed by atoms with van der Waals surface area (Å²) in [4.78, 5) is 13.5. The SMILES string of the molecule is O=C(C=Cc1ccc2c(c1)CCC2N(CCO)CCCc1ccccc1)NO. The van der Waals surface area contributed by atoms with Gasteiger partial charge in [-0.15, -0.1) is 0 Å². The molecule has 0 saturated carbocycles. The van der Waals surface area contributed by atoms with Crippen molar-refractivity contribution in [1.29, 1.82) is 0 Å².